The number of fused-ring (bicyclic) bond motifs is 3. The molecule has 2 aromatic carbocycles. The lowest BCUT2D eigenvalue weighted by molar-refractivity contribution is -0.150. The number of benzene rings is 2. The summed E-state index contributed by atoms with van der Waals surface area (Å²) >= 11 is 0. The van der Waals surface area contributed by atoms with Crippen LogP contribution in [0.2, 0.25) is 18.6 Å². The van der Waals surface area contributed by atoms with Gasteiger partial charge in [-0.15, -0.1) is 0 Å². The topological polar surface area (TPSA) is 111 Å². The molecule has 4 aliphatic rings. The van der Waals surface area contributed by atoms with Crippen molar-refractivity contribution < 1.29 is 29.0 Å². The highest BCUT2D eigenvalue weighted by Gasteiger charge is 2.66. The van der Waals surface area contributed by atoms with Gasteiger partial charge in [-0.3, -0.25) is 14.4 Å². The van der Waals surface area contributed by atoms with Crippen molar-refractivity contribution in [2.75, 3.05) is 30.0 Å². The summed E-state index contributed by atoms with van der Waals surface area (Å²) in [5.74, 6) is -0.690. The molecular formula is C34H45N3O6Si. The van der Waals surface area contributed by atoms with Crippen molar-refractivity contribution in [2.45, 2.75) is 94.8 Å². The summed E-state index contributed by atoms with van der Waals surface area (Å²) in [7, 11) is -1.23. The van der Waals surface area contributed by atoms with E-state index in [2.05, 4.69) is 0 Å². The van der Waals surface area contributed by atoms with Crippen LogP contribution in [0, 0.1) is 5.92 Å². The number of rotatable bonds is 5. The van der Waals surface area contributed by atoms with E-state index in [1.54, 1.807) is 16.8 Å². The van der Waals surface area contributed by atoms with Crippen LogP contribution in [-0.2, 0) is 37.7 Å². The summed E-state index contributed by atoms with van der Waals surface area (Å²) in [5, 5.41) is 10.2. The average Bonchev–Trinajstić information content (AvgIpc) is 3.40. The monoisotopic (exact) mass is 619 g/mol. The molecule has 2 aromatic rings. The summed E-state index contributed by atoms with van der Waals surface area (Å²) in [6, 6.07) is 13.4. The Balaban J connectivity index is 1.35. The third kappa shape index (κ3) is 5.09. The standard InChI is InChI=1S/C34H45N3O6Si/c1-22-32(44(3,4)42)29(19-31(40)37-20-24-12-9-8-11-23(24)17-26(37)21-38)43-34(22)27-18-25(14-15-28(27)35(2)33(34)41)36-16-10-6-5-7-13-30(36)39/h8-9,11-12,14-15,18,22,26,29,32,38,42H,5-7,10,13,16-17,19-21H2,1-4H3/t22-,26-,29+,32-,34+/m0/s1. The van der Waals surface area contributed by atoms with Gasteiger partial charge in [0.05, 0.1) is 30.9 Å². The van der Waals surface area contributed by atoms with Gasteiger partial charge in [0.15, 0.2) is 13.9 Å². The molecule has 0 radical (unpaired) electrons. The Bertz CT molecular complexity index is 1460. The van der Waals surface area contributed by atoms with Crippen molar-refractivity contribution in [1.82, 2.24) is 4.90 Å². The molecule has 1 spiro atoms. The number of carbonyl (C=O) groups is 3. The number of hydrogen-bond donors (Lipinski definition) is 2. The zero-order chi connectivity index (χ0) is 31.4. The molecule has 0 unspecified atom stereocenters. The SMILES string of the molecule is C[C@H]1[C@H]([Si](C)(C)O)[C@@H](CC(=O)N2Cc3ccccc3C[C@H]2CO)O[C@]12C(=O)N(C)c1ccc(N3CCCCCCC3=O)cc12. The van der Waals surface area contributed by atoms with Crippen LogP contribution in [0.1, 0.15) is 62.1 Å². The summed E-state index contributed by atoms with van der Waals surface area (Å²) in [6.07, 6.45) is 4.32. The largest absolute Gasteiger partial charge is 0.432 e. The van der Waals surface area contributed by atoms with Gasteiger partial charge in [-0.05, 0) is 61.7 Å². The van der Waals surface area contributed by atoms with E-state index in [1.165, 1.54) is 0 Å². The maximum atomic E-state index is 14.2. The molecule has 2 saturated heterocycles. The summed E-state index contributed by atoms with van der Waals surface area (Å²) in [6.45, 7) is 6.54. The number of carbonyl (C=O) groups excluding carboxylic acids is 3. The van der Waals surface area contributed by atoms with Crippen LogP contribution in [0.5, 0.6) is 0 Å². The number of likely N-dealkylation sites (N-methyl/N-ethyl adjacent to an activating group) is 1. The van der Waals surface area contributed by atoms with Crippen molar-refractivity contribution in [3.63, 3.8) is 0 Å². The normalized spacial score (nSPS) is 29.1. The van der Waals surface area contributed by atoms with Gasteiger partial charge in [-0.1, -0.05) is 44.0 Å². The Kier molecular flexibility index (Phi) is 8.23. The van der Waals surface area contributed by atoms with Gasteiger partial charge in [-0.2, -0.15) is 0 Å². The third-order valence-corrected chi connectivity index (χ3v) is 13.0. The molecule has 0 bridgehead atoms. The van der Waals surface area contributed by atoms with Gasteiger partial charge in [0.1, 0.15) is 0 Å². The summed E-state index contributed by atoms with van der Waals surface area (Å²) < 4.78 is 6.85. The number of ether oxygens (including phenoxy) is 1. The first-order valence-corrected chi connectivity index (χ1v) is 19.1. The fourth-order valence-electron chi connectivity index (χ4n) is 8.30. The van der Waals surface area contributed by atoms with Crippen LogP contribution in [0.15, 0.2) is 42.5 Å². The van der Waals surface area contributed by atoms with E-state index in [4.69, 9.17) is 4.74 Å². The molecule has 2 fully saturated rings. The lowest BCUT2D eigenvalue weighted by atomic mass is 9.82. The van der Waals surface area contributed by atoms with E-state index in [1.807, 2.05) is 67.4 Å². The number of aliphatic hydroxyl groups excluding tert-OH is 1. The minimum Gasteiger partial charge on any atom is -0.432 e. The third-order valence-electron chi connectivity index (χ3n) is 10.5. The van der Waals surface area contributed by atoms with E-state index in [9.17, 15) is 24.3 Å². The first-order chi connectivity index (χ1) is 21.0. The van der Waals surface area contributed by atoms with Gasteiger partial charge >= 0.3 is 0 Å². The molecule has 10 heteroatoms. The van der Waals surface area contributed by atoms with E-state index >= 15 is 0 Å². The molecule has 0 aromatic heterocycles. The van der Waals surface area contributed by atoms with E-state index < -0.39 is 31.5 Å². The molecule has 4 heterocycles. The van der Waals surface area contributed by atoms with Gasteiger partial charge in [0.25, 0.3) is 5.91 Å². The second-order valence-corrected chi connectivity index (χ2v) is 17.6. The first kappa shape index (κ1) is 31.0. The molecule has 2 N–H and O–H groups in total. The number of nitrogens with zero attached hydrogens (tertiary/aromatic N) is 3. The maximum absolute atomic E-state index is 14.2. The van der Waals surface area contributed by atoms with Crippen LogP contribution < -0.4 is 9.80 Å². The highest BCUT2D eigenvalue weighted by Crippen LogP contribution is 2.60. The van der Waals surface area contributed by atoms with Crippen molar-refractivity contribution in [1.29, 1.82) is 0 Å². The Labute approximate surface area is 260 Å². The Morgan fingerprint density at radius 3 is 2.52 bits per heavy atom. The number of amides is 3. The minimum absolute atomic E-state index is 0.00302. The Morgan fingerprint density at radius 1 is 1.07 bits per heavy atom. The van der Waals surface area contributed by atoms with E-state index in [-0.39, 0.29) is 36.8 Å². The van der Waals surface area contributed by atoms with E-state index in [0.29, 0.717) is 31.5 Å². The number of aliphatic hydroxyl groups is 1. The average molecular weight is 620 g/mol. The second-order valence-electron chi connectivity index (χ2n) is 13.7. The highest BCUT2D eigenvalue weighted by molar-refractivity contribution is 6.71. The molecule has 236 valence electrons. The van der Waals surface area contributed by atoms with Crippen molar-refractivity contribution in [3.05, 3.63) is 59.2 Å². The fourth-order valence-corrected chi connectivity index (χ4v) is 10.9. The predicted octanol–water partition coefficient (Wildman–Crippen LogP) is 4.09. The maximum Gasteiger partial charge on any atom is 0.264 e. The van der Waals surface area contributed by atoms with Crippen LogP contribution in [0.25, 0.3) is 0 Å². The highest BCUT2D eigenvalue weighted by atomic mass is 28.4. The van der Waals surface area contributed by atoms with Crippen LogP contribution >= 0.6 is 0 Å². The van der Waals surface area contributed by atoms with Crippen LogP contribution in [-0.4, -0.2) is 73.2 Å². The van der Waals surface area contributed by atoms with Gasteiger partial charge < -0.3 is 29.3 Å². The molecule has 0 aliphatic carbocycles. The Morgan fingerprint density at radius 2 is 1.80 bits per heavy atom. The molecule has 0 saturated carbocycles. The minimum atomic E-state index is -2.97. The molecule has 44 heavy (non-hydrogen) atoms. The van der Waals surface area contributed by atoms with Crippen molar-refractivity contribution in [2.24, 2.45) is 5.92 Å². The van der Waals surface area contributed by atoms with Crippen molar-refractivity contribution in [3.8, 4) is 0 Å². The number of anilines is 2. The smallest absolute Gasteiger partial charge is 0.264 e. The van der Waals surface area contributed by atoms with Crippen LogP contribution in [0.3, 0.4) is 0 Å². The van der Waals surface area contributed by atoms with Crippen molar-refractivity contribution >= 4 is 37.4 Å². The zero-order valence-electron chi connectivity index (χ0n) is 26.3. The van der Waals surface area contributed by atoms with Gasteiger partial charge in [-0.25, -0.2) is 0 Å². The summed E-state index contributed by atoms with van der Waals surface area (Å²) in [4.78, 5) is 58.1. The fraction of sp³-hybridized carbons (Fsp3) is 0.559. The molecule has 6 rings (SSSR count). The van der Waals surface area contributed by atoms with Gasteiger partial charge in [0, 0.05) is 49.3 Å². The first-order valence-electron chi connectivity index (χ1n) is 16.1. The molecule has 5 atom stereocenters. The molecule has 3 amide bonds. The quantitative estimate of drug-likeness (QED) is 0.488. The number of hydrogen-bond acceptors (Lipinski definition) is 6. The lowest BCUT2D eigenvalue weighted by Crippen LogP contribution is -2.48. The predicted molar refractivity (Wildman–Crippen MR) is 171 cm³/mol. The molecular weight excluding hydrogens is 574 g/mol. The van der Waals surface area contributed by atoms with E-state index in [0.717, 1.165) is 48.2 Å². The van der Waals surface area contributed by atoms with Crippen LogP contribution in [0.4, 0.5) is 11.4 Å². The van der Waals surface area contributed by atoms with Gasteiger partial charge in [0.2, 0.25) is 11.8 Å². The second kappa shape index (κ2) is 11.7. The molecule has 9 nitrogen and oxygen atoms in total. The Hall–Kier alpha value is -3.05. The summed E-state index contributed by atoms with van der Waals surface area (Å²) in [5.41, 5.74) is 2.59. The lowest BCUT2D eigenvalue weighted by Gasteiger charge is -2.37. The molecule has 4 aliphatic heterocycles. The zero-order valence-corrected chi connectivity index (χ0v) is 27.3.